The SMILES string of the molecule is CN(C)C(CNC(=O)c1cn(-c2cccc([N+](=O)[O-])c2)nn1)c1c(F)cccc1F. The molecular formula is C19H18F2N6O3. The third-order valence-electron chi connectivity index (χ3n) is 4.44. The number of nitro benzene ring substituents is 1. The number of hydrogen-bond donors (Lipinski definition) is 1. The molecule has 0 aliphatic heterocycles. The van der Waals surface area contributed by atoms with Gasteiger partial charge in [-0.05, 0) is 32.3 Å². The summed E-state index contributed by atoms with van der Waals surface area (Å²) in [7, 11) is 3.28. The molecule has 0 bridgehead atoms. The highest BCUT2D eigenvalue weighted by atomic mass is 19.1. The highest BCUT2D eigenvalue weighted by Crippen LogP contribution is 2.24. The fourth-order valence-electron chi connectivity index (χ4n) is 2.89. The number of hydrogen-bond acceptors (Lipinski definition) is 6. The molecule has 0 fully saturated rings. The van der Waals surface area contributed by atoms with Crippen molar-refractivity contribution in [1.82, 2.24) is 25.2 Å². The Balaban J connectivity index is 1.75. The second-order valence-corrected chi connectivity index (χ2v) is 6.65. The van der Waals surface area contributed by atoms with Gasteiger partial charge < -0.3 is 10.2 Å². The average molecular weight is 416 g/mol. The van der Waals surface area contributed by atoms with Crippen LogP contribution in [0.3, 0.4) is 0 Å². The van der Waals surface area contributed by atoms with Crippen molar-refractivity contribution in [2.75, 3.05) is 20.6 Å². The monoisotopic (exact) mass is 416 g/mol. The Bertz CT molecular complexity index is 1070. The molecule has 156 valence electrons. The van der Waals surface area contributed by atoms with E-state index >= 15 is 0 Å². The Morgan fingerprint density at radius 2 is 1.90 bits per heavy atom. The van der Waals surface area contributed by atoms with Crippen LogP contribution < -0.4 is 5.32 Å². The van der Waals surface area contributed by atoms with Gasteiger partial charge in [-0.1, -0.05) is 17.3 Å². The van der Waals surface area contributed by atoms with Crippen molar-refractivity contribution in [3.63, 3.8) is 0 Å². The largest absolute Gasteiger partial charge is 0.349 e. The van der Waals surface area contributed by atoms with Gasteiger partial charge in [0.25, 0.3) is 11.6 Å². The zero-order valence-corrected chi connectivity index (χ0v) is 16.1. The van der Waals surface area contributed by atoms with Gasteiger partial charge in [0.15, 0.2) is 5.69 Å². The lowest BCUT2D eigenvalue weighted by atomic mass is 10.0. The van der Waals surface area contributed by atoms with E-state index in [9.17, 15) is 23.7 Å². The summed E-state index contributed by atoms with van der Waals surface area (Å²) in [5.41, 5.74) is 0.0288. The molecule has 9 nitrogen and oxygen atoms in total. The number of rotatable bonds is 7. The first-order valence-corrected chi connectivity index (χ1v) is 8.83. The molecule has 30 heavy (non-hydrogen) atoms. The maximum Gasteiger partial charge on any atom is 0.273 e. The predicted molar refractivity (Wildman–Crippen MR) is 103 cm³/mol. The van der Waals surface area contributed by atoms with Crippen molar-refractivity contribution in [2.45, 2.75) is 6.04 Å². The molecule has 11 heteroatoms. The van der Waals surface area contributed by atoms with Gasteiger partial charge in [0.05, 0.1) is 22.8 Å². The normalized spacial score (nSPS) is 12.0. The van der Waals surface area contributed by atoms with Crippen molar-refractivity contribution in [3.8, 4) is 5.69 Å². The molecule has 0 aliphatic carbocycles. The number of likely N-dealkylation sites (N-methyl/N-ethyl adjacent to an activating group) is 1. The first-order valence-electron chi connectivity index (χ1n) is 8.83. The topological polar surface area (TPSA) is 106 Å². The zero-order chi connectivity index (χ0) is 21.8. The molecule has 2 aromatic carbocycles. The minimum absolute atomic E-state index is 0.0481. The number of amides is 1. The quantitative estimate of drug-likeness (QED) is 0.469. The lowest BCUT2D eigenvalue weighted by Crippen LogP contribution is -2.35. The molecule has 0 spiro atoms. The Labute approximate surface area is 170 Å². The summed E-state index contributed by atoms with van der Waals surface area (Å²) in [6, 6.07) is 8.51. The highest BCUT2D eigenvalue weighted by molar-refractivity contribution is 5.91. The molecule has 0 saturated heterocycles. The minimum atomic E-state index is -0.748. The van der Waals surface area contributed by atoms with Crippen LogP contribution in [0, 0.1) is 21.7 Å². The fraction of sp³-hybridized carbons (Fsp3) is 0.211. The number of nitro groups is 1. The van der Waals surface area contributed by atoms with Crippen LogP contribution in [0.15, 0.2) is 48.7 Å². The number of benzene rings is 2. The van der Waals surface area contributed by atoms with Crippen LogP contribution in [0.2, 0.25) is 0 Å². The van der Waals surface area contributed by atoms with E-state index in [1.165, 1.54) is 35.1 Å². The molecular weight excluding hydrogens is 398 g/mol. The van der Waals surface area contributed by atoms with Crippen LogP contribution >= 0.6 is 0 Å². The van der Waals surface area contributed by atoms with E-state index in [1.54, 1.807) is 25.1 Å². The molecule has 3 aromatic rings. The molecule has 1 heterocycles. The summed E-state index contributed by atoms with van der Waals surface area (Å²) in [5, 5.41) is 21.1. The number of nitrogens with one attached hydrogen (secondary N) is 1. The van der Waals surface area contributed by atoms with Crippen LogP contribution in [-0.4, -0.2) is 51.4 Å². The van der Waals surface area contributed by atoms with E-state index in [1.807, 2.05) is 0 Å². The Hall–Kier alpha value is -3.73. The van der Waals surface area contributed by atoms with Gasteiger partial charge in [0, 0.05) is 24.2 Å². The maximum atomic E-state index is 14.1. The smallest absolute Gasteiger partial charge is 0.273 e. The van der Waals surface area contributed by atoms with Gasteiger partial charge in [0.1, 0.15) is 11.6 Å². The first kappa shape index (κ1) is 21.0. The van der Waals surface area contributed by atoms with Crippen molar-refractivity contribution >= 4 is 11.6 Å². The van der Waals surface area contributed by atoms with Crippen molar-refractivity contribution in [2.24, 2.45) is 0 Å². The van der Waals surface area contributed by atoms with Gasteiger partial charge in [-0.3, -0.25) is 14.9 Å². The van der Waals surface area contributed by atoms with E-state index in [-0.39, 0.29) is 23.5 Å². The van der Waals surface area contributed by atoms with E-state index in [2.05, 4.69) is 15.6 Å². The fourth-order valence-corrected chi connectivity index (χ4v) is 2.89. The highest BCUT2D eigenvalue weighted by Gasteiger charge is 2.23. The number of carbonyl (C=O) groups excluding carboxylic acids is 1. The minimum Gasteiger partial charge on any atom is -0.349 e. The second-order valence-electron chi connectivity index (χ2n) is 6.65. The third kappa shape index (κ3) is 4.46. The van der Waals surface area contributed by atoms with E-state index < -0.39 is 28.5 Å². The Morgan fingerprint density at radius 1 is 1.23 bits per heavy atom. The molecule has 0 radical (unpaired) electrons. The lowest BCUT2D eigenvalue weighted by molar-refractivity contribution is -0.384. The summed E-state index contributed by atoms with van der Waals surface area (Å²) in [6.45, 7) is -0.0760. The summed E-state index contributed by atoms with van der Waals surface area (Å²) in [4.78, 5) is 24.4. The molecule has 3 rings (SSSR count). The Kier molecular flexibility index (Phi) is 6.11. The van der Waals surface area contributed by atoms with Crippen LogP contribution in [0.4, 0.5) is 14.5 Å². The Morgan fingerprint density at radius 3 is 2.53 bits per heavy atom. The van der Waals surface area contributed by atoms with Crippen LogP contribution in [0.25, 0.3) is 5.69 Å². The standard InChI is InChI=1S/C19H18F2N6O3/c1-25(2)17(18-14(20)7-4-8-15(18)21)10-22-19(28)16-11-26(24-23-16)12-5-3-6-13(9-12)27(29)30/h3-9,11,17H,10H2,1-2H3,(H,22,28). The number of aromatic nitrogens is 3. The molecule has 0 aliphatic rings. The zero-order valence-electron chi connectivity index (χ0n) is 16.1. The van der Waals surface area contributed by atoms with Gasteiger partial charge in [-0.2, -0.15) is 0 Å². The summed E-state index contributed by atoms with van der Waals surface area (Å²) < 4.78 is 29.5. The summed E-state index contributed by atoms with van der Waals surface area (Å²) >= 11 is 0. The third-order valence-corrected chi connectivity index (χ3v) is 4.44. The van der Waals surface area contributed by atoms with E-state index in [4.69, 9.17) is 0 Å². The first-order chi connectivity index (χ1) is 14.3. The maximum absolute atomic E-state index is 14.1. The molecule has 1 atom stereocenters. The van der Waals surface area contributed by atoms with Gasteiger partial charge in [0.2, 0.25) is 0 Å². The average Bonchev–Trinajstić information content (AvgIpc) is 3.20. The van der Waals surface area contributed by atoms with E-state index in [0.29, 0.717) is 5.69 Å². The molecule has 0 saturated carbocycles. The summed E-state index contributed by atoms with van der Waals surface area (Å²) in [5.74, 6) is -2.02. The van der Waals surface area contributed by atoms with Crippen molar-refractivity contribution < 1.29 is 18.5 Å². The van der Waals surface area contributed by atoms with E-state index in [0.717, 1.165) is 12.1 Å². The molecule has 1 aromatic heterocycles. The number of halogens is 2. The summed E-state index contributed by atoms with van der Waals surface area (Å²) in [6.07, 6.45) is 1.31. The van der Waals surface area contributed by atoms with Crippen molar-refractivity contribution in [3.05, 3.63) is 81.7 Å². The lowest BCUT2D eigenvalue weighted by Gasteiger charge is -2.25. The molecule has 1 N–H and O–H groups in total. The number of carbonyl (C=O) groups is 1. The number of nitrogens with zero attached hydrogens (tertiary/aromatic N) is 5. The van der Waals surface area contributed by atoms with Crippen LogP contribution in [0.1, 0.15) is 22.1 Å². The van der Waals surface area contributed by atoms with Crippen LogP contribution in [0.5, 0.6) is 0 Å². The molecule has 1 amide bonds. The van der Waals surface area contributed by atoms with Crippen LogP contribution in [-0.2, 0) is 0 Å². The van der Waals surface area contributed by atoms with Crippen molar-refractivity contribution in [1.29, 1.82) is 0 Å². The second kappa shape index (κ2) is 8.74. The molecule has 1 unspecified atom stereocenters. The number of non-ortho nitro benzene ring substituents is 1. The van der Waals surface area contributed by atoms with Gasteiger partial charge in [-0.15, -0.1) is 5.10 Å². The van der Waals surface area contributed by atoms with Gasteiger partial charge >= 0.3 is 0 Å². The predicted octanol–water partition coefficient (Wildman–Crippen LogP) is 2.49. The van der Waals surface area contributed by atoms with Gasteiger partial charge in [-0.25, -0.2) is 13.5 Å².